The highest BCUT2D eigenvalue weighted by Gasteiger charge is 2.14. The Bertz CT molecular complexity index is 504. The van der Waals surface area contributed by atoms with Crippen molar-refractivity contribution in [2.45, 2.75) is 78.9 Å². The van der Waals surface area contributed by atoms with Crippen molar-refractivity contribution in [2.75, 3.05) is 20.1 Å². The summed E-state index contributed by atoms with van der Waals surface area (Å²) in [6.07, 6.45) is 2.17. The molecular weight excluding hydrogens is 441 g/mol. The van der Waals surface area contributed by atoms with Crippen LogP contribution in [0.3, 0.4) is 0 Å². The Labute approximate surface area is 176 Å². The van der Waals surface area contributed by atoms with Gasteiger partial charge in [-0.25, -0.2) is 0 Å². The Balaban J connectivity index is 0.00000625. The van der Waals surface area contributed by atoms with E-state index in [0.717, 1.165) is 43.3 Å². The van der Waals surface area contributed by atoms with Gasteiger partial charge in [0.1, 0.15) is 0 Å². The number of guanidine groups is 1. The maximum atomic E-state index is 5.45. The number of hydrogen-bond acceptors (Lipinski definition) is 4. The maximum Gasteiger partial charge on any atom is 0.191 e. The Morgan fingerprint density at radius 3 is 2.27 bits per heavy atom. The number of nitrogens with one attached hydrogen (secondary N) is 2. The van der Waals surface area contributed by atoms with Crippen molar-refractivity contribution >= 4 is 29.9 Å². The standard InChI is InChI=1S/C19H37N5O.HI/c1-8-16(9-2)18-12-17(25-23-18)13-22-19(20-7)21-10-11-24(14(3)4)15(5)6;/h12,14-16H,8-11,13H2,1-7H3,(H2,20,21,22);1H. The first kappa shape index (κ1) is 25.2. The summed E-state index contributed by atoms with van der Waals surface area (Å²) in [5.41, 5.74) is 1.05. The number of hydrogen-bond donors (Lipinski definition) is 2. The van der Waals surface area contributed by atoms with Crippen LogP contribution in [0, 0.1) is 0 Å². The van der Waals surface area contributed by atoms with Gasteiger partial charge in [0, 0.05) is 44.2 Å². The average molecular weight is 479 g/mol. The molecular formula is C19H38IN5O. The number of rotatable bonds is 10. The topological polar surface area (TPSA) is 65.7 Å². The number of aromatic nitrogens is 1. The Morgan fingerprint density at radius 2 is 1.77 bits per heavy atom. The summed E-state index contributed by atoms with van der Waals surface area (Å²) in [6, 6.07) is 3.13. The fraction of sp³-hybridized carbons (Fsp3) is 0.789. The highest BCUT2D eigenvalue weighted by Crippen LogP contribution is 2.22. The summed E-state index contributed by atoms with van der Waals surface area (Å²) in [4.78, 5) is 6.73. The highest BCUT2D eigenvalue weighted by molar-refractivity contribution is 14.0. The number of halogens is 1. The molecule has 152 valence electrons. The van der Waals surface area contributed by atoms with Gasteiger partial charge < -0.3 is 15.2 Å². The molecule has 0 unspecified atom stereocenters. The minimum Gasteiger partial charge on any atom is -0.359 e. The molecule has 26 heavy (non-hydrogen) atoms. The zero-order valence-corrected chi connectivity index (χ0v) is 19.8. The zero-order chi connectivity index (χ0) is 18.8. The summed E-state index contributed by atoms with van der Waals surface area (Å²) >= 11 is 0. The molecule has 0 atom stereocenters. The van der Waals surface area contributed by atoms with Crippen LogP contribution < -0.4 is 10.6 Å². The first-order valence-corrected chi connectivity index (χ1v) is 9.58. The van der Waals surface area contributed by atoms with Gasteiger partial charge in [0.05, 0.1) is 12.2 Å². The SMILES string of the molecule is CCC(CC)c1cc(CNC(=NC)NCCN(C(C)C)C(C)C)on1.I. The lowest BCUT2D eigenvalue weighted by molar-refractivity contribution is 0.178. The maximum absolute atomic E-state index is 5.45. The molecule has 0 aromatic carbocycles. The van der Waals surface area contributed by atoms with Gasteiger partial charge in [0.2, 0.25) is 0 Å². The van der Waals surface area contributed by atoms with Gasteiger partial charge in [0.15, 0.2) is 11.7 Å². The van der Waals surface area contributed by atoms with Gasteiger partial charge in [-0.1, -0.05) is 19.0 Å². The van der Waals surface area contributed by atoms with Gasteiger partial charge in [0.25, 0.3) is 0 Å². The van der Waals surface area contributed by atoms with Crippen molar-refractivity contribution in [3.63, 3.8) is 0 Å². The molecule has 1 aromatic heterocycles. The third-order valence-corrected chi connectivity index (χ3v) is 4.62. The first-order valence-electron chi connectivity index (χ1n) is 9.58. The molecule has 0 aliphatic heterocycles. The summed E-state index contributed by atoms with van der Waals surface area (Å²) in [5, 5.41) is 10.9. The van der Waals surface area contributed by atoms with E-state index in [2.05, 4.69) is 73.3 Å². The lowest BCUT2D eigenvalue weighted by Crippen LogP contribution is -2.45. The quantitative estimate of drug-likeness (QED) is 0.302. The average Bonchev–Trinajstić information content (AvgIpc) is 3.03. The van der Waals surface area contributed by atoms with Crippen LogP contribution in [-0.2, 0) is 6.54 Å². The summed E-state index contributed by atoms with van der Waals surface area (Å²) in [7, 11) is 1.79. The van der Waals surface area contributed by atoms with E-state index in [1.54, 1.807) is 7.05 Å². The van der Waals surface area contributed by atoms with Gasteiger partial charge in [-0.2, -0.15) is 0 Å². The van der Waals surface area contributed by atoms with E-state index in [1.807, 2.05) is 0 Å². The third kappa shape index (κ3) is 8.24. The minimum absolute atomic E-state index is 0. The zero-order valence-electron chi connectivity index (χ0n) is 17.5. The Hall–Kier alpha value is -0.830. The van der Waals surface area contributed by atoms with Crippen LogP contribution in [0.1, 0.15) is 71.8 Å². The summed E-state index contributed by atoms with van der Waals surface area (Å²) in [6.45, 7) is 15.7. The molecule has 0 bridgehead atoms. The van der Waals surface area contributed by atoms with Crippen LogP contribution in [0.5, 0.6) is 0 Å². The monoisotopic (exact) mass is 479 g/mol. The van der Waals surface area contributed by atoms with Crippen LogP contribution >= 0.6 is 24.0 Å². The lowest BCUT2D eigenvalue weighted by atomic mass is 9.99. The van der Waals surface area contributed by atoms with Crippen molar-refractivity contribution in [2.24, 2.45) is 4.99 Å². The van der Waals surface area contributed by atoms with Crippen molar-refractivity contribution in [3.05, 3.63) is 17.5 Å². The molecule has 0 saturated carbocycles. The van der Waals surface area contributed by atoms with E-state index < -0.39 is 0 Å². The molecule has 0 saturated heterocycles. The van der Waals surface area contributed by atoms with Crippen molar-refractivity contribution in [3.8, 4) is 0 Å². The second-order valence-corrected chi connectivity index (χ2v) is 7.01. The Kier molecular flexibility index (Phi) is 12.9. The number of nitrogens with zero attached hydrogens (tertiary/aromatic N) is 3. The van der Waals surface area contributed by atoms with E-state index in [1.165, 1.54) is 0 Å². The molecule has 0 amide bonds. The highest BCUT2D eigenvalue weighted by atomic mass is 127. The van der Waals surface area contributed by atoms with Gasteiger partial charge in [-0.3, -0.25) is 9.89 Å². The van der Waals surface area contributed by atoms with E-state index in [0.29, 0.717) is 24.5 Å². The van der Waals surface area contributed by atoms with Crippen LogP contribution in [0.25, 0.3) is 0 Å². The molecule has 2 N–H and O–H groups in total. The molecule has 1 aromatic rings. The second kappa shape index (κ2) is 13.4. The molecule has 6 nitrogen and oxygen atoms in total. The molecule has 0 radical (unpaired) electrons. The second-order valence-electron chi connectivity index (χ2n) is 7.01. The number of aliphatic imine (C=N–C) groups is 1. The largest absolute Gasteiger partial charge is 0.359 e. The van der Waals surface area contributed by atoms with E-state index in [-0.39, 0.29) is 24.0 Å². The molecule has 0 aliphatic rings. The normalized spacial score (nSPS) is 12.2. The molecule has 1 rings (SSSR count). The molecule has 0 aliphatic carbocycles. The first-order chi connectivity index (χ1) is 11.9. The van der Waals surface area contributed by atoms with Crippen LogP contribution in [-0.4, -0.2) is 48.2 Å². The smallest absolute Gasteiger partial charge is 0.191 e. The van der Waals surface area contributed by atoms with Crippen LogP contribution in [0.15, 0.2) is 15.6 Å². The summed E-state index contributed by atoms with van der Waals surface area (Å²) < 4.78 is 5.45. The predicted molar refractivity (Wildman–Crippen MR) is 120 cm³/mol. The Morgan fingerprint density at radius 1 is 1.15 bits per heavy atom. The fourth-order valence-corrected chi connectivity index (χ4v) is 3.12. The van der Waals surface area contributed by atoms with Crippen LogP contribution in [0.2, 0.25) is 0 Å². The van der Waals surface area contributed by atoms with Crippen molar-refractivity contribution in [1.82, 2.24) is 20.7 Å². The lowest BCUT2D eigenvalue weighted by Gasteiger charge is -2.30. The fourth-order valence-electron chi connectivity index (χ4n) is 3.12. The molecule has 0 spiro atoms. The minimum atomic E-state index is 0. The van der Waals surface area contributed by atoms with Gasteiger partial charge >= 0.3 is 0 Å². The predicted octanol–water partition coefficient (Wildman–Crippen LogP) is 3.98. The van der Waals surface area contributed by atoms with Crippen LogP contribution in [0.4, 0.5) is 0 Å². The summed E-state index contributed by atoms with van der Waals surface area (Å²) in [5.74, 6) is 2.11. The third-order valence-electron chi connectivity index (χ3n) is 4.62. The van der Waals surface area contributed by atoms with Gasteiger partial charge in [-0.15, -0.1) is 24.0 Å². The van der Waals surface area contributed by atoms with Crippen molar-refractivity contribution in [1.29, 1.82) is 0 Å². The molecule has 0 fully saturated rings. The van der Waals surface area contributed by atoms with E-state index in [9.17, 15) is 0 Å². The van der Waals surface area contributed by atoms with Gasteiger partial charge in [-0.05, 0) is 40.5 Å². The molecule has 1 heterocycles. The molecule has 7 heteroatoms. The van der Waals surface area contributed by atoms with E-state index in [4.69, 9.17) is 4.52 Å². The van der Waals surface area contributed by atoms with E-state index >= 15 is 0 Å². The van der Waals surface area contributed by atoms with Crippen molar-refractivity contribution < 1.29 is 4.52 Å².